The normalized spacial score (nSPS) is 26.0. The van der Waals surface area contributed by atoms with Crippen molar-refractivity contribution in [3.05, 3.63) is 35.4 Å². The Morgan fingerprint density at radius 1 is 1.33 bits per heavy atom. The predicted molar refractivity (Wildman–Crippen MR) is 77.2 cm³/mol. The van der Waals surface area contributed by atoms with Crippen LogP contribution in [0.15, 0.2) is 29.3 Å². The Labute approximate surface area is 125 Å². The Hall–Kier alpha value is -1.50. The third kappa shape index (κ3) is 2.92. The van der Waals surface area contributed by atoms with E-state index in [-0.39, 0.29) is 11.2 Å². The quantitative estimate of drug-likeness (QED) is 0.906. The van der Waals surface area contributed by atoms with Crippen molar-refractivity contribution >= 4 is 22.8 Å². The lowest BCUT2D eigenvalue weighted by Gasteiger charge is -2.21. The van der Waals surface area contributed by atoms with E-state index in [0.717, 1.165) is 18.1 Å². The summed E-state index contributed by atoms with van der Waals surface area (Å²) in [7, 11) is 0. The summed E-state index contributed by atoms with van der Waals surface area (Å²) < 4.78 is 36.4. The third-order valence-corrected chi connectivity index (χ3v) is 4.67. The predicted octanol–water partition coefficient (Wildman–Crippen LogP) is 3.60. The van der Waals surface area contributed by atoms with E-state index in [1.807, 2.05) is 31.2 Å². The number of alkyl halides is 3. The Kier molecular flexibility index (Phi) is 4.06. The highest BCUT2D eigenvalue weighted by Crippen LogP contribution is 2.45. The van der Waals surface area contributed by atoms with Gasteiger partial charge in [-0.05, 0) is 31.9 Å². The van der Waals surface area contributed by atoms with Crippen LogP contribution in [0.5, 0.6) is 0 Å². The van der Waals surface area contributed by atoms with E-state index in [0.29, 0.717) is 11.8 Å². The number of hydrogen-bond acceptors (Lipinski definition) is 3. The van der Waals surface area contributed by atoms with E-state index in [4.69, 9.17) is 0 Å². The molecule has 1 fully saturated rings. The van der Waals surface area contributed by atoms with Crippen LogP contribution in [0.25, 0.3) is 0 Å². The van der Waals surface area contributed by atoms with E-state index in [1.54, 1.807) is 6.92 Å². The highest BCUT2D eigenvalue weighted by atomic mass is 32.2. The molecule has 2 unspecified atom stereocenters. The van der Waals surface area contributed by atoms with Crippen LogP contribution in [0.4, 0.5) is 13.2 Å². The summed E-state index contributed by atoms with van der Waals surface area (Å²) in [6.07, 6.45) is -4.62. The molecule has 114 valence electrons. The molecule has 7 heteroatoms. The van der Waals surface area contributed by atoms with Gasteiger partial charge in [0.1, 0.15) is 0 Å². The third-order valence-electron chi connectivity index (χ3n) is 3.44. The number of halogens is 3. The van der Waals surface area contributed by atoms with Crippen molar-refractivity contribution in [2.24, 2.45) is 4.99 Å². The molecule has 0 radical (unpaired) electrons. The van der Waals surface area contributed by atoms with E-state index in [1.165, 1.54) is 0 Å². The van der Waals surface area contributed by atoms with Crippen molar-refractivity contribution in [1.82, 2.24) is 5.32 Å². The Bertz CT molecular complexity index is 600. The number of thioether (sulfide) groups is 1. The first-order valence-corrected chi connectivity index (χ1v) is 7.17. The minimum atomic E-state index is -4.62. The molecule has 3 nitrogen and oxygen atoms in total. The molecule has 2 atom stereocenters. The van der Waals surface area contributed by atoms with Crippen LogP contribution in [0.2, 0.25) is 0 Å². The largest absolute Gasteiger partial charge is 0.412 e. The van der Waals surface area contributed by atoms with Crippen LogP contribution in [0.3, 0.4) is 0 Å². The number of aryl methyl sites for hydroxylation is 1. The van der Waals surface area contributed by atoms with Crippen LogP contribution in [-0.2, 0) is 4.79 Å². The molecule has 1 N–H and O–H groups in total. The standard InChI is InChI=1S/C14H15F3N2OS/c1-8-6-4-5-7-10(8)9(2)18-12-19-11(20)13(3,21-12)14(15,16)17/h4-7,9H,1-3H3,(H,18,19,20). The Morgan fingerprint density at radius 3 is 2.48 bits per heavy atom. The monoisotopic (exact) mass is 316 g/mol. The molecule has 0 saturated carbocycles. The summed E-state index contributed by atoms with van der Waals surface area (Å²) in [6, 6.07) is 7.18. The number of rotatable bonds is 2. The molecule has 1 aromatic carbocycles. The molecule has 1 aliphatic heterocycles. The van der Waals surface area contributed by atoms with Crippen LogP contribution < -0.4 is 5.32 Å². The van der Waals surface area contributed by atoms with E-state index >= 15 is 0 Å². The van der Waals surface area contributed by atoms with Crippen LogP contribution >= 0.6 is 11.8 Å². The number of amidine groups is 1. The number of nitrogens with one attached hydrogen (secondary N) is 1. The molecule has 1 aliphatic rings. The first kappa shape index (κ1) is 15.9. The van der Waals surface area contributed by atoms with Crippen LogP contribution in [0.1, 0.15) is 31.0 Å². The van der Waals surface area contributed by atoms with Gasteiger partial charge in [0.15, 0.2) is 9.91 Å². The molecule has 21 heavy (non-hydrogen) atoms. The molecule has 0 bridgehead atoms. The highest BCUT2D eigenvalue weighted by Gasteiger charge is 2.61. The fourth-order valence-electron chi connectivity index (χ4n) is 2.03. The zero-order chi connectivity index (χ0) is 15.8. The van der Waals surface area contributed by atoms with Gasteiger partial charge in [-0.2, -0.15) is 13.2 Å². The molecule has 1 aromatic rings. The van der Waals surface area contributed by atoms with Crippen molar-refractivity contribution in [3.63, 3.8) is 0 Å². The lowest BCUT2D eigenvalue weighted by molar-refractivity contribution is -0.166. The van der Waals surface area contributed by atoms with Crippen molar-refractivity contribution in [2.75, 3.05) is 0 Å². The number of benzene rings is 1. The van der Waals surface area contributed by atoms with Gasteiger partial charge in [0, 0.05) is 0 Å². The SMILES string of the molecule is Cc1ccccc1C(C)N=C1NC(=O)C(C)(C(F)(F)F)S1. The number of carbonyl (C=O) groups excluding carboxylic acids is 1. The highest BCUT2D eigenvalue weighted by molar-refractivity contribution is 8.16. The van der Waals surface area contributed by atoms with Crippen molar-refractivity contribution in [1.29, 1.82) is 0 Å². The van der Waals surface area contributed by atoms with Gasteiger partial charge in [0.2, 0.25) is 0 Å². The molecule has 0 spiro atoms. The number of carbonyl (C=O) groups is 1. The van der Waals surface area contributed by atoms with Gasteiger partial charge in [0.05, 0.1) is 6.04 Å². The molecule has 0 aliphatic carbocycles. The molecular weight excluding hydrogens is 301 g/mol. The zero-order valence-corrected chi connectivity index (χ0v) is 12.6. The minimum Gasteiger partial charge on any atom is -0.304 e. The second-order valence-electron chi connectivity index (χ2n) is 5.05. The molecule has 1 heterocycles. The summed E-state index contributed by atoms with van der Waals surface area (Å²) in [5.41, 5.74) is 1.92. The van der Waals surface area contributed by atoms with Crippen molar-refractivity contribution in [3.8, 4) is 0 Å². The van der Waals surface area contributed by atoms with E-state index in [9.17, 15) is 18.0 Å². The summed E-state index contributed by atoms with van der Waals surface area (Å²) in [5.74, 6) is -1.07. The average molecular weight is 316 g/mol. The van der Waals surface area contributed by atoms with Gasteiger partial charge in [0.25, 0.3) is 5.91 Å². The molecule has 0 aromatic heterocycles. The van der Waals surface area contributed by atoms with Gasteiger partial charge >= 0.3 is 6.18 Å². The number of nitrogens with zero attached hydrogens (tertiary/aromatic N) is 1. The maximum atomic E-state index is 13.0. The lowest BCUT2D eigenvalue weighted by Crippen LogP contribution is -2.46. The fraction of sp³-hybridized carbons (Fsp3) is 0.429. The van der Waals surface area contributed by atoms with E-state index in [2.05, 4.69) is 10.3 Å². The fourth-order valence-corrected chi connectivity index (χ4v) is 3.03. The van der Waals surface area contributed by atoms with Crippen LogP contribution in [0, 0.1) is 6.92 Å². The molecular formula is C14H15F3N2OS. The summed E-state index contributed by atoms with van der Waals surface area (Å²) in [5, 5.41) is 2.23. The molecule has 1 amide bonds. The lowest BCUT2D eigenvalue weighted by atomic mass is 10.0. The first-order valence-electron chi connectivity index (χ1n) is 6.35. The minimum absolute atomic E-state index is 0.00979. The summed E-state index contributed by atoms with van der Waals surface area (Å²) in [6.45, 7) is 4.56. The van der Waals surface area contributed by atoms with Crippen LogP contribution in [-0.4, -0.2) is 22.0 Å². The average Bonchev–Trinajstić information content (AvgIpc) is 2.65. The second kappa shape index (κ2) is 5.36. The Balaban J connectivity index is 2.25. The van der Waals surface area contributed by atoms with E-state index < -0.39 is 16.8 Å². The zero-order valence-electron chi connectivity index (χ0n) is 11.8. The van der Waals surface area contributed by atoms with Crippen molar-refractivity contribution < 1.29 is 18.0 Å². The maximum absolute atomic E-state index is 13.0. The van der Waals surface area contributed by atoms with Gasteiger partial charge in [-0.3, -0.25) is 9.79 Å². The smallest absolute Gasteiger partial charge is 0.304 e. The Morgan fingerprint density at radius 2 is 1.95 bits per heavy atom. The van der Waals surface area contributed by atoms with Gasteiger partial charge in [-0.25, -0.2) is 0 Å². The number of aliphatic imine (C=N–C) groups is 1. The number of hydrogen-bond donors (Lipinski definition) is 1. The number of amides is 1. The second-order valence-corrected chi connectivity index (χ2v) is 6.46. The van der Waals surface area contributed by atoms with Crippen molar-refractivity contribution in [2.45, 2.75) is 37.7 Å². The van der Waals surface area contributed by atoms with Gasteiger partial charge in [-0.15, -0.1) is 0 Å². The first-order chi connectivity index (χ1) is 9.65. The molecule has 2 rings (SSSR count). The topological polar surface area (TPSA) is 41.5 Å². The van der Waals surface area contributed by atoms with Gasteiger partial charge < -0.3 is 5.32 Å². The molecule has 1 saturated heterocycles. The summed E-state index contributed by atoms with van der Waals surface area (Å²) >= 11 is 0.421. The maximum Gasteiger partial charge on any atom is 0.412 e. The summed E-state index contributed by atoms with van der Waals surface area (Å²) in [4.78, 5) is 15.8. The van der Waals surface area contributed by atoms with Gasteiger partial charge in [-0.1, -0.05) is 36.0 Å².